The molecule has 0 aromatic heterocycles. The molecule has 0 aliphatic carbocycles. The van der Waals surface area contributed by atoms with E-state index < -0.39 is 12.0 Å². The molecular weight excluding hydrogens is 192 g/mol. The Labute approximate surface area is 72.9 Å². The molecule has 1 atom stereocenters. The summed E-state index contributed by atoms with van der Waals surface area (Å²) in [6, 6.07) is -0.731. The van der Waals surface area contributed by atoms with Crippen molar-refractivity contribution < 1.29 is 29.4 Å². The zero-order valence-corrected chi connectivity index (χ0v) is 5.48. The van der Waals surface area contributed by atoms with Crippen LogP contribution in [0, 0.1) is 0 Å². The molecule has 5 heteroatoms. The van der Waals surface area contributed by atoms with Crippen molar-refractivity contribution in [2.45, 2.75) is 13.0 Å². The molecule has 0 bridgehead atoms. The number of carbonyl (C=O) groups is 1. The Morgan fingerprint density at radius 2 is 1.88 bits per heavy atom. The van der Waals surface area contributed by atoms with Crippen molar-refractivity contribution in [3.05, 3.63) is 0 Å². The van der Waals surface area contributed by atoms with Crippen LogP contribution in [0.5, 0.6) is 0 Å². The van der Waals surface area contributed by atoms with Crippen LogP contribution in [0.1, 0.15) is 6.92 Å². The molecule has 47 valence electrons. The van der Waals surface area contributed by atoms with Crippen molar-refractivity contribution in [1.82, 2.24) is 0 Å². The summed E-state index contributed by atoms with van der Waals surface area (Å²) in [4.78, 5) is 9.57. The fraction of sp³-hybridized carbons (Fsp3) is 0.667. The van der Waals surface area contributed by atoms with E-state index in [0.29, 0.717) is 0 Å². The molecule has 0 saturated carbocycles. The van der Waals surface area contributed by atoms with Crippen LogP contribution in [0.4, 0.5) is 0 Å². The Morgan fingerprint density at radius 3 is 1.88 bits per heavy atom. The average molecular weight is 200 g/mol. The summed E-state index contributed by atoms with van der Waals surface area (Å²) in [5.74, 6) is -0.963. The monoisotopic (exact) mass is 200 g/mol. The summed E-state index contributed by atoms with van der Waals surface area (Å²) in [7, 11) is 0. The Hall–Kier alpha value is 0.651. The van der Waals surface area contributed by atoms with Gasteiger partial charge in [0.15, 0.2) is 0 Å². The van der Waals surface area contributed by atoms with E-state index in [1.165, 1.54) is 6.92 Å². The Balaban J connectivity index is -0.000000125. The molecular formula is C3H8LiNO2Rh. The third kappa shape index (κ3) is 9.82. The van der Waals surface area contributed by atoms with Crippen molar-refractivity contribution in [3.63, 3.8) is 0 Å². The minimum absolute atomic E-state index is 0. The molecule has 0 unspecified atom stereocenters. The quantitative estimate of drug-likeness (QED) is 0.520. The van der Waals surface area contributed by atoms with Gasteiger partial charge in [0.2, 0.25) is 0 Å². The van der Waals surface area contributed by atoms with E-state index in [-0.39, 0.29) is 38.3 Å². The topological polar surface area (TPSA) is 63.3 Å². The van der Waals surface area contributed by atoms with Crippen LogP contribution >= 0.6 is 0 Å². The Kier molecular flexibility index (Phi) is 15.2. The van der Waals surface area contributed by atoms with Crippen molar-refractivity contribution in [2.75, 3.05) is 0 Å². The van der Waals surface area contributed by atoms with Crippen LogP contribution in [0.15, 0.2) is 0 Å². The molecule has 3 N–H and O–H groups in total. The van der Waals surface area contributed by atoms with Gasteiger partial charge >= 0.3 is 24.8 Å². The fourth-order valence-corrected chi connectivity index (χ4v) is 0. The van der Waals surface area contributed by atoms with E-state index in [4.69, 9.17) is 10.8 Å². The predicted molar refractivity (Wildman–Crippen MR) is 28.4 cm³/mol. The van der Waals surface area contributed by atoms with E-state index in [2.05, 4.69) is 0 Å². The predicted octanol–water partition coefficient (Wildman–Crippen LogP) is -1.23. The van der Waals surface area contributed by atoms with Crippen LogP contribution < -0.4 is 5.73 Å². The summed E-state index contributed by atoms with van der Waals surface area (Å²) in [5, 5.41) is 7.87. The molecule has 0 spiro atoms. The molecule has 0 rings (SSSR count). The number of rotatable bonds is 1. The normalized spacial score (nSPS) is 10.2. The van der Waals surface area contributed by atoms with Crippen LogP contribution in [0.3, 0.4) is 0 Å². The first-order chi connectivity index (χ1) is 2.64. The van der Waals surface area contributed by atoms with Crippen LogP contribution in [-0.2, 0) is 24.3 Å². The number of nitrogens with two attached hydrogens (primary N) is 1. The van der Waals surface area contributed by atoms with Crippen LogP contribution in [0.2, 0.25) is 0 Å². The van der Waals surface area contributed by atoms with Crippen molar-refractivity contribution in [1.29, 1.82) is 0 Å². The minimum Gasteiger partial charge on any atom is 0 e. The van der Waals surface area contributed by atoms with Crippen molar-refractivity contribution in [3.8, 4) is 0 Å². The standard InChI is InChI=1S/C3H7NO2.Li.Rh.H/c1-2(4)3(5)6;;;/h2H,4H2,1H3,(H,5,6);;;/t2-;;;/m0.../s1. The van der Waals surface area contributed by atoms with E-state index in [9.17, 15) is 4.79 Å². The van der Waals surface area contributed by atoms with Gasteiger partial charge < -0.3 is 10.8 Å². The van der Waals surface area contributed by atoms with E-state index in [0.717, 1.165) is 0 Å². The largest absolute Gasteiger partial charge is 0 e. The maximum atomic E-state index is 9.57. The first-order valence-corrected chi connectivity index (χ1v) is 1.63. The molecule has 0 fully saturated rings. The second-order valence-corrected chi connectivity index (χ2v) is 1.13. The van der Waals surface area contributed by atoms with Gasteiger partial charge in [-0.25, -0.2) is 0 Å². The summed E-state index contributed by atoms with van der Waals surface area (Å²) in [5.41, 5.74) is 4.84. The van der Waals surface area contributed by atoms with Gasteiger partial charge in [0.25, 0.3) is 0 Å². The summed E-state index contributed by atoms with van der Waals surface area (Å²) in [6.07, 6.45) is 0. The molecule has 0 aliphatic heterocycles. The number of aliphatic carboxylic acids is 1. The van der Waals surface area contributed by atoms with E-state index in [1.54, 1.807) is 0 Å². The van der Waals surface area contributed by atoms with Gasteiger partial charge in [-0.15, -0.1) is 0 Å². The second kappa shape index (κ2) is 7.65. The van der Waals surface area contributed by atoms with Gasteiger partial charge in [0, 0.05) is 19.5 Å². The maximum Gasteiger partial charge on any atom is 0 e. The Bertz CT molecular complexity index is 68.3. The second-order valence-electron chi connectivity index (χ2n) is 1.13. The molecule has 0 aliphatic rings. The molecule has 1 radical (unpaired) electrons. The van der Waals surface area contributed by atoms with Gasteiger partial charge in [-0.05, 0) is 6.92 Å². The molecule has 0 aromatic rings. The van der Waals surface area contributed by atoms with Gasteiger partial charge in [-0.3, -0.25) is 4.79 Å². The van der Waals surface area contributed by atoms with Gasteiger partial charge in [0.1, 0.15) is 6.04 Å². The van der Waals surface area contributed by atoms with E-state index in [1.807, 2.05) is 0 Å². The SMILES string of the molecule is C[C@H](N)C(=O)O.[LiH].[Rh]. The third-order valence-corrected chi connectivity index (χ3v) is 0.390. The molecule has 0 aromatic carbocycles. The van der Waals surface area contributed by atoms with Crippen LogP contribution in [0.25, 0.3) is 0 Å². The zero-order chi connectivity index (χ0) is 5.15. The number of hydrogen-bond donors (Lipinski definition) is 2. The summed E-state index contributed by atoms with van der Waals surface area (Å²) < 4.78 is 0. The van der Waals surface area contributed by atoms with Gasteiger partial charge in [-0.1, -0.05) is 0 Å². The molecule has 0 amide bonds. The van der Waals surface area contributed by atoms with Gasteiger partial charge in [-0.2, -0.15) is 0 Å². The number of carboxylic acids is 1. The zero-order valence-electron chi connectivity index (χ0n) is 3.84. The molecule has 0 heterocycles. The maximum absolute atomic E-state index is 9.57. The van der Waals surface area contributed by atoms with Crippen LogP contribution in [-0.4, -0.2) is 36.0 Å². The minimum atomic E-state index is -0.963. The average Bonchev–Trinajstić information content (AvgIpc) is 1.36. The first-order valence-electron chi connectivity index (χ1n) is 1.63. The number of hydrogen-bond acceptors (Lipinski definition) is 2. The molecule has 8 heavy (non-hydrogen) atoms. The van der Waals surface area contributed by atoms with Gasteiger partial charge in [0.05, 0.1) is 0 Å². The Morgan fingerprint density at radius 1 is 1.75 bits per heavy atom. The molecule has 3 nitrogen and oxygen atoms in total. The summed E-state index contributed by atoms with van der Waals surface area (Å²) >= 11 is 0. The number of carboxylic acid groups (broad SMARTS) is 1. The third-order valence-electron chi connectivity index (χ3n) is 0.390. The first kappa shape index (κ1) is 15.9. The molecule has 0 saturated heterocycles. The smallest absolute Gasteiger partial charge is 0 e. The van der Waals surface area contributed by atoms with Crippen molar-refractivity contribution >= 4 is 24.8 Å². The van der Waals surface area contributed by atoms with E-state index >= 15 is 0 Å². The fourth-order valence-electron chi connectivity index (χ4n) is 0. The van der Waals surface area contributed by atoms with Crippen molar-refractivity contribution in [2.24, 2.45) is 5.73 Å². The summed E-state index contributed by atoms with van der Waals surface area (Å²) in [6.45, 7) is 1.42.